The van der Waals surface area contributed by atoms with Crippen LogP contribution in [0, 0.1) is 0 Å². The van der Waals surface area contributed by atoms with Crippen LogP contribution in [-0.4, -0.2) is 47.4 Å². The van der Waals surface area contributed by atoms with Gasteiger partial charge in [-0.3, -0.25) is 9.59 Å². The molecule has 0 saturated carbocycles. The van der Waals surface area contributed by atoms with Gasteiger partial charge in [0, 0.05) is 12.8 Å². The molecule has 0 bridgehead atoms. The maximum atomic E-state index is 12.5. The maximum absolute atomic E-state index is 12.5. The molecule has 0 aliphatic heterocycles. The molecule has 3 N–H and O–H groups in total. The molecule has 0 spiro atoms. The Balaban J connectivity index is 3.45. The zero-order valence-electron chi connectivity index (χ0n) is 53.1. The van der Waals surface area contributed by atoms with Crippen molar-refractivity contribution in [2.45, 2.75) is 392 Å². The van der Waals surface area contributed by atoms with E-state index in [0.29, 0.717) is 19.4 Å². The van der Waals surface area contributed by atoms with Crippen LogP contribution in [0.5, 0.6) is 0 Å². The summed E-state index contributed by atoms with van der Waals surface area (Å²) < 4.78 is 5.50. The third-order valence-electron chi connectivity index (χ3n) is 16.3. The van der Waals surface area contributed by atoms with Gasteiger partial charge in [-0.15, -0.1) is 0 Å². The summed E-state index contributed by atoms with van der Waals surface area (Å²) in [6, 6.07) is -0.636. The molecule has 79 heavy (non-hydrogen) atoms. The Morgan fingerprint density at radius 3 is 0.987 bits per heavy atom. The summed E-state index contributed by atoms with van der Waals surface area (Å²) in [4.78, 5) is 24.6. The standard InChI is InChI=1S/C73H137NO5/c1-3-5-7-9-11-13-15-17-19-21-23-24-25-27-30-33-37-41-45-49-53-57-61-65-71(76)70(69-75)74-72(77)66-62-58-54-50-46-42-38-34-31-28-26-29-32-36-40-44-48-52-56-60-64-68-79-73(78)67-63-59-55-51-47-43-39-35-22-20-18-16-14-12-10-8-6-4-2/h14,16,20,22,28,31,61,65,70-71,75-76H,3-13,15,17-19,21,23-27,29-30,32-60,62-64,66-69H2,1-2H3,(H,74,77)/b16-14-,22-20-,31-28-,65-61+. The number of rotatable bonds is 66. The van der Waals surface area contributed by atoms with Gasteiger partial charge in [-0.2, -0.15) is 0 Å². The minimum absolute atomic E-state index is 0.000614. The highest BCUT2D eigenvalue weighted by atomic mass is 16.5. The predicted molar refractivity (Wildman–Crippen MR) is 347 cm³/mol. The average molecular weight is 1110 g/mol. The Kier molecular flexibility index (Phi) is 66.4. The molecule has 0 aliphatic rings. The summed E-state index contributed by atoms with van der Waals surface area (Å²) in [6.45, 7) is 4.91. The minimum Gasteiger partial charge on any atom is -0.466 e. The quantitative estimate of drug-likeness (QED) is 0.0320. The molecule has 0 fully saturated rings. The van der Waals surface area contributed by atoms with Gasteiger partial charge in [-0.05, 0) is 89.9 Å². The number of nitrogens with one attached hydrogen (secondary N) is 1. The Labute approximate surface area is 493 Å². The highest BCUT2D eigenvalue weighted by molar-refractivity contribution is 5.76. The van der Waals surface area contributed by atoms with E-state index in [1.807, 2.05) is 6.08 Å². The smallest absolute Gasteiger partial charge is 0.305 e. The Morgan fingerprint density at radius 1 is 0.354 bits per heavy atom. The number of ether oxygens (including phenoxy) is 1. The van der Waals surface area contributed by atoms with Gasteiger partial charge in [0.2, 0.25) is 5.91 Å². The van der Waals surface area contributed by atoms with Gasteiger partial charge in [0.25, 0.3) is 0 Å². The van der Waals surface area contributed by atoms with E-state index < -0.39 is 12.1 Å². The van der Waals surface area contributed by atoms with E-state index in [-0.39, 0.29) is 18.5 Å². The van der Waals surface area contributed by atoms with Crippen molar-refractivity contribution in [2.75, 3.05) is 13.2 Å². The fraction of sp³-hybridized carbons (Fsp3) is 0.863. The van der Waals surface area contributed by atoms with Crippen LogP contribution in [0.25, 0.3) is 0 Å². The van der Waals surface area contributed by atoms with E-state index in [9.17, 15) is 19.8 Å². The SMILES string of the molecule is CCCCCC/C=C\C/C=C\CCCCCCCCCC(=O)OCCCCCCCCCCCC/C=C\CCCCCCCCCC(=O)NC(CO)C(O)/C=C/CCCCCCCCCCCCCCCCCCCCCCC. The van der Waals surface area contributed by atoms with Gasteiger partial charge in [0.1, 0.15) is 0 Å². The zero-order valence-corrected chi connectivity index (χ0v) is 53.1. The van der Waals surface area contributed by atoms with Gasteiger partial charge >= 0.3 is 5.97 Å². The molecule has 1 amide bonds. The molecule has 0 saturated heterocycles. The van der Waals surface area contributed by atoms with Crippen LogP contribution >= 0.6 is 0 Å². The van der Waals surface area contributed by atoms with Crippen LogP contribution in [-0.2, 0) is 14.3 Å². The van der Waals surface area contributed by atoms with E-state index in [1.54, 1.807) is 6.08 Å². The molecular formula is C73H137NO5. The highest BCUT2D eigenvalue weighted by Crippen LogP contribution is 2.18. The number of aliphatic hydroxyl groups is 2. The number of hydrogen-bond donors (Lipinski definition) is 3. The first kappa shape index (κ1) is 76.8. The second-order valence-electron chi connectivity index (χ2n) is 24.2. The number of unbranched alkanes of at least 4 members (excludes halogenated alkanes) is 49. The van der Waals surface area contributed by atoms with Crippen LogP contribution in [0.15, 0.2) is 48.6 Å². The van der Waals surface area contributed by atoms with Crippen LogP contribution in [0.3, 0.4) is 0 Å². The summed E-state index contributed by atoms with van der Waals surface area (Å²) in [6.07, 6.45) is 88.9. The lowest BCUT2D eigenvalue weighted by molar-refractivity contribution is -0.143. The van der Waals surface area contributed by atoms with Gasteiger partial charge in [-0.25, -0.2) is 0 Å². The van der Waals surface area contributed by atoms with Crippen molar-refractivity contribution in [1.29, 1.82) is 0 Å². The van der Waals surface area contributed by atoms with Gasteiger partial charge in [-0.1, -0.05) is 326 Å². The second-order valence-corrected chi connectivity index (χ2v) is 24.2. The van der Waals surface area contributed by atoms with E-state index >= 15 is 0 Å². The molecule has 0 heterocycles. The number of esters is 1. The van der Waals surface area contributed by atoms with Crippen molar-refractivity contribution in [1.82, 2.24) is 5.32 Å². The van der Waals surface area contributed by atoms with Crippen molar-refractivity contribution >= 4 is 11.9 Å². The van der Waals surface area contributed by atoms with Gasteiger partial charge in [0.05, 0.1) is 25.4 Å². The summed E-state index contributed by atoms with van der Waals surface area (Å²) >= 11 is 0. The fourth-order valence-corrected chi connectivity index (χ4v) is 10.9. The predicted octanol–water partition coefficient (Wildman–Crippen LogP) is 22.9. The van der Waals surface area contributed by atoms with E-state index in [1.165, 1.54) is 295 Å². The number of carbonyl (C=O) groups is 2. The molecule has 0 aromatic rings. The monoisotopic (exact) mass is 1110 g/mol. The lowest BCUT2D eigenvalue weighted by Crippen LogP contribution is -2.45. The summed E-state index contributed by atoms with van der Waals surface area (Å²) in [5.41, 5.74) is 0. The summed E-state index contributed by atoms with van der Waals surface area (Å²) in [5.74, 6) is -0.0721. The Bertz CT molecular complexity index is 1320. The normalized spacial score (nSPS) is 12.8. The first-order chi connectivity index (χ1) is 39.0. The topological polar surface area (TPSA) is 95.9 Å². The average Bonchev–Trinajstić information content (AvgIpc) is 3.45. The highest BCUT2D eigenvalue weighted by Gasteiger charge is 2.18. The molecular weight excluding hydrogens is 971 g/mol. The van der Waals surface area contributed by atoms with Crippen LogP contribution in [0.4, 0.5) is 0 Å². The number of aliphatic hydroxyl groups excluding tert-OH is 2. The molecule has 2 atom stereocenters. The van der Waals surface area contributed by atoms with Crippen molar-refractivity contribution < 1.29 is 24.5 Å². The Morgan fingerprint density at radius 2 is 0.633 bits per heavy atom. The maximum Gasteiger partial charge on any atom is 0.305 e. The van der Waals surface area contributed by atoms with Crippen molar-refractivity contribution in [3.05, 3.63) is 48.6 Å². The van der Waals surface area contributed by atoms with Crippen molar-refractivity contribution in [2.24, 2.45) is 0 Å². The molecule has 0 aromatic carbocycles. The molecule has 0 radical (unpaired) electrons. The largest absolute Gasteiger partial charge is 0.466 e. The molecule has 0 rings (SSSR count). The van der Waals surface area contributed by atoms with Crippen LogP contribution in [0.1, 0.15) is 380 Å². The molecule has 6 nitrogen and oxygen atoms in total. The van der Waals surface area contributed by atoms with Crippen molar-refractivity contribution in [3.8, 4) is 0 Å². The third kappa shape index (κ3) is 64.8. The first-order valence-corrected chi connectivity index (χ1v) is 35.4. The Hall–Kier alpha value is -2.18. The number of allylic oxidation sites excluding steroid dienone is 7. The lowest BCUT2D eigenvalue weighted by Gasteiger charge is -2.20. The van der Waals surface area contributed by atoms with E-state index in [2.05, 4.69) is 55.6 Å². The fourth-order valence-electron chi connectivity index (χ4n) is 10.9. The third-order valence-corrected chi connectivity index (χ3v) is 16.3. The van der Waals surface area contributed by atoms with Gasteiger partial charge in [0.15, 0.2) is 0 Å². The molecule has 2 unspecified atom stereocenters. The minimum atomic E-state index is -0.852. The van der Waals surface area contributed by atoms with Gasteiger partial charge < -0.3 is 20.3 Å². The van der Waals surface area contributed by atoms with Crippen molar-refractivity contribution in [3.63, 3.8) is 0 Å². The second kappa shape index (κ2) is 68.3. The van der Waals surface area contributed by atoms with Crippen LogP contribution in [0.2, 0.25) is 0 Å². The molecule has 0 aliphatic carbocycles. The van der Waals surface area contributed by atoms with E-state index in [0.717, 1.165) is 57.8 Å². The molecule has 464 valence electrons. The number of hydrogen-bond acceptors (Lipinski definition) is 5. The number of carbonyl (C=O) groups excluding carboxylic acids is 2. The number of amides is 1. The lowest BCUT2D eigenvalue weighted by atomic mass is 10.0. The van der Waals surface area contributed by atoms with E-state index in [4.69, 9.17) is 4.74 Å². The summed E-state index contributed by atoms with van der Waals surface area (Å²) in [7, 11) is 0. The molecule has 0 aromatic heterocycles. The summed E-state index contributed by atoms with van der Waals surface area (Å²) in [5, 5.41) is 23.3. The van der Waals surface area contributed by atoms with Crippen LogP contribution < -0.4 is 5.32 Å². The molecule has 6 heteroatoms. The zero-order chi connectivity index (χ0) is 57.1. The first-order valence-electron chi connectivity index (χ1n) is 35.4.